The predicted octanol–water partition coefficient (Wildman–Crippen LogP) is 1.78. The first kappa shape index (κ1) is 22.5. The lowest BCUT2D eigenvalue weighted by Crippen LogP contribution is -2.50. The molecule has 2 aliphatic heterocycles. The number of hydrogen-bond donors (Lipinski definition) is 2. The minimum Gasteiger partial charge on any atom is -0.355 e. The lowest BCUT2D eigenvalue weighted by atomic mass is 10.2. The third-order valence-electron chi connectivity index (χ3n) is 6.23. The summed E-state index contributed by atoms with van der Waals surface area (Å²) in [6.45, 7) is 8.77. The Labute approximate surface area is 190 Å². The van der Waals surface area contributed by atoms with Crippen LogP contribution in [0.2, 0.25) is 0 Å². The number of hydrogen-bond acceptors (Lipinski definition) is 5. The van der Waals surface area contributed by atoms with Gasteiger partial charge in [0.05, 0.1) is 0 Å². The summed E-state index contributed by atoms with van der Waals surface area (Å²) in [6, 6.07) is 14.0. The molecule has 4 rings (SSSR count). The maximum atomic E-state index is 14.0. The highest BCUT2D eigenvalue weighted by atomic mass is 19.1. The average Bonchev–Trinajstić information content (AvgIpc) is 3.29. The van der Waals surface area contributed by atoms with Crippen LogP contribution in [0.5, 0.6) is 0 Å². The van der Waals surface area contributed by atoms with Gasteiger partial charge in [-0.05, 0) is 24.1 Å². The van der Waals surface area contributed by atoms with Gasteiger partial charge in [-0.15, -0.1) is 0 Å². The van der Waals surface area contributed by atoms with Crippen molar-refractivity contribution >= 4 is 11.8 Å². The van der Waals surface area contributed by atoms with Gasteiger partial charge in [0.15, 0.2) is 17.6 Å². The number of piperazine rings is 1. The highest BCUT2D eigenvalue weighted by Gasteiger charge is 2.26. The highest BCUT2D eigenvalue weighted by Crippen LogP contribution is 2.20. The quantitative estimate of drug-likeness (QED) is 0.507. The van der Waals surface area contributed by atoms with E-state index in [9.17, 15) is 4.39 Å². The number of nitrogens with one attached hydrogen (secondary N) is 2. The maximum absolute atomic E-state index is 14.0. The van der Waals surface area contributed by atoms with Crippen molar-refractivity contribution in [1.82, 2.24) is 25.4 Å². The second-order valence-electron chi connectivity index (χ2n) is 8.49. The molecule has 1 atom stereocenters. The van der Waals surface area contributed by atoms with Crippen LogP contribution in [0.4, 0.5) is 10.2 Å². The Balaban J connectivity index is 1.14. The molecule has 1 unspecified atom stereocenters. The Hall–Kier alpha value is -2.71. The lowest BCUT2D eigenvalue weighted by Gasteiger charge is -2.34. The normalized spacial score (nSPS) is 20.5. The molecule has 1 aromatic carbocycles. The smallest absolute Gasteiger partial charge is 0.191 e. The summed E-state index contributed by atoms with van der Waals surface area (Å²) in [4.78, 5) is 15.6. The molecule has 0 aliphatic carbocycles. The first-order valence-corrected chi connectivity index (χ1v) is 11.5. The summed E-state index contributed by atoms with van der Waals surface area (Å²) in [6.07, 6.45) is 2.57. The average molecular weight is 440 g/mol. The SMILES string of the molecule is CN=C(NCCN1CCN(Cc2ccccc2)CC1)NC1CCN(c2ncccc2F)C1. The maximum Gasteiger partial charge on any atom is 0.191 e. The molecule has 172 valence electrons. The van der Waals surface area contributed by atoms with Crippen LogP contribution in [0.1, 0.15) is 12.0 Å². The van der Waals surface area contributed by atoms with Gasteiger partial charge in [0, 0.05) is 78.2 Å². The number of guanidine groups is 1. The van der Waals surface area contributed by atoms with Crippen molar-refractivity contribution in [3.05, 3.63) is 60.0 Å². The largest absolute Gasteiger partial charge is 0.355 e. The third-order valence-corrected chi connectivity index (χ3v) is 6.23. The van der Waals surface area contributed by atoms with E-state index in [1.54, 1.807) is 19.3 Å². The van der Waals surface area contributed by atoms with E-state index in [1.165, 1.54) is 11.6 Å². The van der Waals surface area contributed by atoms with Crippen molar-refractivity contribution in [2.45, 2.75) is 19.0 Å². The minimum atomic E-state index is -0.264. The fraction of sp³-hybridized carbons (Fsp3) is 0.500. The van der Waals surface area contributed by atoms with E-state index in [0.29, 0.717) is 5.82 Å². The number of halogens is 1. The Morgan fingerprint density at radius 1 is 1.06 bits per heavy atom. The monoisotopic (exact) mass is 439 g/mol. The summed E-state index contributed by atoms with van der Waals surface area (Å²) in [7, 11) is 1.79. The van der Waals surface area contributed by atoms with Crippen LogP contribution in [-0.4, -0.2) is 86.2 Å². The van der Waals surface area contributed by atoms with Crippen LogP contribution >= 0.6 is 0 Å². The third kappa shape index (κ3) is 6.17. The molecule has 7 nitrogen and oxygen atoms in total. The topological polar surface area (TPSA) is 59.0 Å². The van der Waals surface area contributed by atoms with Crippen LogP contribution < -0.4 is 15.5 Å². The predicted molar refractivity (Wildman–Crippen MR) is 127 cm³/mol. The van der Waals surface area contributed by atoms with Crippen LogP contribution in [0.3, 0.4) is 0 Å². The standard InChI is InChI=1S/C24H34FN7/c1-26-24(29-21-9-12-32(19-21)23-22(25)8-5-10-27-23)28-11-13-30-14-16-31(17-15-30)18-20-6-3-2-4-7-20/h2-8,10,21H,9,11-19H2,1H3,(H2,26,28,29). The molecule has 0 saturated carbocycles. The highest BCUT2D eigenvalue weighted by molar-refractivity contribution is 5.80. The molecule has 2 aromatic rings. The van der Waals surface area contributed by atoms with Gasteiger partial charge in [-0.3, -0.25) is 14.8 Å². The first-order chi connectivity index (χ1) is 15.7. The molecular formula is C24H34FN7. The Bertz CT molecular complexity index is 868. The molecule has 3 heterocycles. The summed E-state index contributed by atoms with van der Waals surface area (Å²) < 4.78 is 14.0. The van der Waals surface area contributed by atoms with E-state index in [2.05, 4.69) is 60.7 Å². The molecule has 0 amide bonds. The minimum absolute atomic E-state index is 0.226. The molecule has 0 spiro atoms. The van der Waals surface area contributed by atoms with E-state index in [4.69, 9.17) is 0 Å². The Morgan fingerprint density at radius 3 is 2.59 bits per heavy atom. The molecule has 32 heavy (non-hydrogen) atoms. The summed E-state index contributed by atoms with van der Waals surface area (Å²) in [5.41, 5.74) is 1.38. The van der Waals surface area contributed by atoms with Gasteiger partial charge in [-0.1, -0.05) is 30.3 Å². The van der Waals surface area contributed by atoms with Gasteiger partial charge < -0.3 is 15.5 Å². The fourth-order valence-electron chi connectivity index (χ4n) is 4.41. The molecule has 1 aromatic heterocycles. The van der Waals surface area contributed by atoms with Crippen LogP contribution in [0, 0.1) is 5.82 Å². The van der Waals surface area contributed by atoms with Gasteiger partial charge >= 0.3 is 0 Å². The Morgan fingerprint density at radius 2 is 1.84 bits per heavy atom. The van der Waals surface area contributed by atoms with Gasteiger partial charge in [-0.2, -0.15) is 0 Å². The molecule has 8 heteroatoms. The number of nitrogens with zero attached hydrogens (tertiary/aromatic N) is 5. The summed E-state index contributed by atoms with van der Waals surface area (Å²) in [5, 5.41) is 6.91. The summed E-state index contributed by atoms with van der Waals surface area (Å²) in [5.74, 6) is 0.978. The zero-order valence-electron chi connectivity index (χ0n) is 18.9. The number of benzene rings is 1. The number of anilines is 1. The zero-order chi connectivity index (χ0) is 22.2. The number of rotatable bonds is 7. The van der Waals surface area contributed by atoms with E-state index in [-0.39, 0.29) is 11.9 Å². The van der Waals surface area contributed by atoms with Crippen LogP contribution in [0.15, 0.2) is 53.7 Å². The van der Waals surface area contributed by atoms with Gasteiger partial charge in [0.25, 0.3) is 0 Å². The Kier molecular flexibility index (Phi) is 7.90. The van der Waals surface area contributed by atoms with Crippen LogP contribution in [0.25, 0.3) is 0 Å². The summed E-state index contributed by atoms with van der Waals surface area (Å²) >= 11 is 0. The molecular weight excluding hydrogens is 405 g/mol. The number of aromatic nitrogens is 1. The van der Waals surface area contributed by atoms with Crippen LogP contribution in [-0.2, 0) is 6.54 Å². The van der Waals surface area contributed by atoms with Gasteiger partial charge in [-0.25, -0.2) is 9.37 Å². The van der Waals surface area contributed by atoms with E-state index >= 15 is 0 Å². The van der Waals surface area contributed by atoms with Gasteiger partial charge in [0.2, 0.25) is 0 Å². The molecule has 0 radical (unpaired) electrons. The second kappa shape index (κ2) is 11.2. The van der Waals surface area contributed by atoms with Crippen molar-refractivity contribution in [2.24, 2.45) is 4.99 Å². The molecule has 2 saturated heterocycles. The second-order valence-corrected chi connectivity index (χ2v) is 8.49. The fourth-order valence-corrected chi connectivity index (χ4v) is 4.41. The van der Waals surface area contributed by atoms with E-state index < -0.39 is 0 Å². The van der Waals surface area contributed by atoms with E-state index in [0.717, 1.165) is 71.3 Å². The van der Waals surface area contributed by atoms with Gasteiger partial charge in [0.1, 0.15) is 0 Å². The zero-order valence-corrected chi connectivity index (χ0v) is 18.9. The number of pyridine rings is 1. The lowest BCUT2D eigenvalue weighted by molar-refractivity contribution is 0.129. The number of aliphatic imine (C=N–C) groups is 1. The van der Waals surface area contributed by atoms with Crippen molar-refractivity contribution in [2.75, 3.05) is 64.3 Å². The molecule has 2 fully saturated rings. The molecule has 0 bridgehead atoms. The van der Waals surface area contributed by atoms with Crippen molar-refractivity contribution in [1.29, 1.82) is 0 Å². The van der Waals surface area contributed by atoms with Crippen molar-refractivity contribution in [3.8, 4) is 0 Å². The van der Waals surface area contributed by atoms with Crippen molar-refractivity contribution < 1.29 is 4.39 Å². The van der Waals surface area contributed by atoms with E-state index in [1.807, 2.05) is 4.90 Å². The first-order valence-electron chi connectivity index (χ1n) is 11.5. The molecule has 2 N–H and O–H groups in total. The molecule has 2 aliphatic rings. The van der Waals surface area contributed by atoms with Crippen molar-refractivity contribution in [3.63, 3.8) is 0 Å².